The Hall–Kier alpha value is -1.51. The number of hydrogen-bond donors (Lipinski definition) is 1. The molecule has 0 saturated carbocycles. The van der Waals surface area contributed by atoms with Gasteiger partial charge in [-0.1, -0.05) is 29.8 Å². The van der Waals surface area contributed by atoms with Crippen molar-refractivity contribution in [3.8, 4) is 5.75 Å². The molecular formula is C18H20ClNO. The van der Waals surface area contributed by atoms with Gasteiger partial charge in [0.05, 0.1) is 7.11 Å². The SMILES string of the molecule is CN[C@H]1CC[C@H](c2ccc(Cl)cc2)c2ccc(OC)cc21. The van der Waals surface area contributed by atoms with Crippen molar-refractivity contribution in [1.29, 1.82) is 0 Å². The van der Waals surface area contributed by atoms with Crippen molar-refractivity contribution in [2.45, 2.75) is 24.8 Å². The number of hydrogen-bond acceptors (Lipinski definition) is 2. The molecule has 1 aliphatic rings. The first-order valence-corrected chi connectivity index (χ1v) is 7.71. The van der Waals surface area contributed by atoms with Crippen molar-refractivity contribution in [3.05, 3.63) is 64.2 Å². The van der Waals surface area contributed by atoms with E-state index in [2.05, 4.69) is 35.6 Å². The molecule has 3 rings (SSSR count). The number of nitrogens with one attached hydrogen (secondary N) is 1. The van der Waals surface area contributed by atoms with Gasteiger partial charge in [-0.15, -0.1) is 0 Å². The number of rotatable bonds is 3. The summed E-state index contributed by atoms with van der Waals surface area (Å²) in [7, 11) is 3.74. The van der Waals surface area contributed by atoms with Gasteiger partial charge in [-0.25, -0.2) is 0 Å². The quantitative estimate of drug-likeness (QED) is 0.899. The van der Waals surface area contributed by atoms with E-state index in [1.807, 2.05) is 19.2 Å². The molecule has 0 fully saturated rings. The molecule has 0 radical (unpaired) electrons. The monoisotopic (exact) mass is 301 g/mol. The first-order valence-electron chi connectivity index (χ1n) is 7.33. The summed E-state index contributed by atoms with van der Waals surface area (Å²) in [6.45, 7) is 0. The van der Waals surface area contributed by atoms with E-state index in [0.29, 0.717) is 12.0 Å². The molecule has 0 heterocycles. The highest BCUT2D eigenvalue weighted by Crippen LogP contribution is 2.42. The van der Waals surface area contributed by atoms with Crippen LogP contribution >= 0.6 is 11.6 Å². The van der Waals surface area contributed by atoms with Gasteiger partial charge in [0.25, 0.3) is 0 Å². The maximum Gasteiger partial charge on any atom is 0.119 e. The molecular weight excluding hydrogens is 282 g/mol. The molecule has 0 saturated heterocycles. The lowest BCUT2D eigenvalue weighted by Gasteiger charge is -2.32. The van der Waals surface area contributed by atoms with E-state index < -0.39 is 0 Å². The molecule has 1 N–H and O–H groups in total. The highest BCUT2D eigenvalue weighted by Gasteiger charge is 2.27. The molecule has 21 heavy (non-hydrogen) atoms. The minimum Gasteiger partial charge on any atom is -0.497 e. The Morgan fingerprint density at radius 3 is 2.48 bits per heavy atom. The van der Waals surface area contributed by atoms with Crippen LogP contribution < -0.4 is 10.1 Å². The van der Waals surface area contributed by atoms with Gasteiger partial charge in [0, 0.05) is 17.0 Å². The Morgan fingerprint density at radius 2 is 1.81 bits per heavy atom. The maximum absolute atomic E-state index is 6.01. The third-order valence-electron chi connectivity index (χ3n) is 4.41. The van der Waals surface area contributed by atoms with Crippen molar-refractivity contribution in [3.63, 3.8) is 0 Å². The smallest absolute Gasteiger partial charge is 0.119 e. The Kier molecular flexibility index (Phi) is 4.18. The number of methoxy groups -OCH3 is 1. The lowest BCUT2D eigenvalue weighted by molar-refractivity contribution is 0.409. The Morgan fingerprint density at radius 1 is 1.05 bits per heavy atom. The molecule has 2 aromatic carbocycles. The molecule has 1 aliphatic carbocycles. The highest BCUT2D eigenvalue weighted by molar-refractivity contribution is 6.30. The number of benzene rings is 2. The average Bonchev–Trinajstić information content (AvgIpc) is 2.54. The lowest BCUT2D eigenvalue weighted by atomic mass is 9.76. The summed E-state index contributed by atoms with van der Waals surface area (Å²) >= 11 is 6.01. The summed E-state index contributed by atoms with van der Waals surface area (Å²) < 4.78 is 5.38. The first-order chi connectivity index (χ1) is 10.2. The van der Waals surface area contributed by atoms with Gasteiger partial charge in [-0.05, 0) is 60.8 Å². The maximum atomic E-state index is 6.01. The minimum atomic E-state index is 0.402. The first kappa shape index (κ1) is 14.4. The van der Waals surface area contributed by atoms with Crippen LogP contribution in [-0.2, 0) is 0 Å². The molecule has 0 amide bonds. The van der Waals surface area contributed by atoms with Crippen LogP contribution in [0.3, 0.4) is 0 Å². The second-order valence-electron chi connectivity index (χ2n) is 5.52. The van der Waals surface area contributed by atoms with Gasteiger partial charge in [-0.3, -0.25) is 0 Å². The van der Waals surface area contributed by atoms with E-state index in [1.165, 1.54) is 16.7 Å². The zero-order valence-electron chi connectivity index (χ0n) is 12.4. The second kappa shape index (κ2) is 6.08. The van der Waals surface area contributed by atoms with Crippen molar-refractivity contribution in [2.75, 3.05) is 14.2 Å². The summed E-state index contributed by atoms with van der Waals surface area (Å²) in [6, 6.07) is 15.1. The molecule has 0 aliphatic heterocycles. The normalized spacial score (nSPS) is 20.9. The van der Waals surface area contributed by atoms with E-state index in [0.717, 1.165) is 23.6 Å². The molecule has 0 bridgehead atoms. The fourth-order valence-corrected chi connectivity index (χ4v) is 3.41. The van der Waals surface area contributed by atoms with Crippen LogP contribution in [0, 0.1) is 0 Å². The molecule has 2 nitrogen and oxygen atoms in total. The zero-order valence-corrected chi connectivity index (χ0v) is 13.2. The summed E-state index contributed by atoms with van der Waals surface area (Å²) in [5.74, 6) is 1.36. The van der Waals surface area contributed by atoms with Gasteiger partial charge < -0.3 is 10.1 Å². The topological polar surface area (TPSA) is 21.3 Å². The summed E-state index contributed by atoms with van der Waals surface area (Å²) in [6.07, 6.45) is 2.27. The lowest BCUT2D eigenvalue weighted by Crippen LogP contribution is -2.24. The summed E-state index contributed by atoms with van der Waals surface area (Å²) in [5, 5.41) is 4.21. The Bertz CT molecular complexity index is 624. The van der Waals surface area contributed by atoms with E-state index >= 15 is 0 Å². The van der Waals surface area contributed by atoms with E-state index in [-0.39, 0.29) is 0 Å². The fraction of sp³-hybridized carbons (Fsp3) is 0.333. The zero-order chi connectivity index (χ0) is 14.8. The van der Waals surface area contributed by atoms with Crippen LogP contribution in [0.15, 0.2) is 42.5 Å². The minimum absolute atomic E-state index is 0.402. The van der Waals surface area contributed by atoms with E-state index in [9.17, 15) is 0 Å². The third kappa shape index (κ3) is 2.78. The van der Waals surface area contributed by atoms with Crippen molar-refractivity contribution < 1.29 is 4.74 Å². The fourth-order valence-electron chi connectivity index (χ4n) is 3.28. The largest absolute Gasteiger partial charge is 0.497 e. The number of halogens is 1. The highest BCUT2D eigenvalue weighted by atomic mass is 35.5. The van der Waals surface area contributed by atoms with Gasteiger partial charge in [0.15, 0.2) is 0 Å². The number of ether oxygens (including phenoxy) is 1. The molecule has 0 aromatic heterocycles. The van der Waals surface area contributed by atoms with Crippen LogP contribution in [-0.4, -0.2) is 14.2 Å². The van der Waals surface area contributed by atoms with Crippen molar-refractivity contribution in [2.24, 2.45) is 0 Å². The molecule has 0 unspecified atom stereocenters. The average molecular weight is 302 g/mol. The summed E-state index contributed by atoms with van der Waals surface area (Å²) in [4.78, 5) is 0. The van der Waals surface area contributed by atoms with Gasteiger partial charge in [-0.2, -0.15) is 0 Å². The molecule has 2 aromatic rings. The van der Waals surface area contributed by atoms with Gasteiger partial charge >= 0.3 is 0 Å². The van der Waals surface area contributed by atoms with Crippen LogP contribution in [0.1, 0.15) is 41.5 Å². The second-order valence-corrected chi connectivity index (χ2v) is 5.95. The van der Waals surface area contributed by atoms with Crippen molar-refractivity contribution >= 4 is 11.6 Å². The van der Waals surface area contributed by atoms with Crippen molar-refractivity contribution in [1.82, 2.24) is 5.32 Å². The Labute approximate surface area is 131 Å². The predicted octanol–water partition coefficient (Wildman–Crippen LogP) is 4.53. The van der Waals surface area contributed by atoms with Crippen LogP contribution in [0.4, 0.5) is 0 Å². The van der Waals surface area contributed by atoms with E-state index in [1.54, 1.807) is 7.11 Å². The van der Waals surface area contributed by atoms with Gasteiger partial charge in [0.1, 0.15) is 5.75 Å². The Balaban J connectivity index is 2.04. The third-order valence-corrected chi connectivity index (χ3v) is 4.66. The molecule has 110 valence electrons. The summed E-state index contributed by atoms with van der Waals surface area (Å²) in [5.41, 5.74) is 4.08. The van der Waals surface area contributed by atoms with Gasteiger partial charge in [0.2, 0.25) is 0 Å². The predicted molar refractivity (Wildman–Crippen MR) is 87.3 cm³/mol. The standard InChI is InChI=1S/C18H20ClNO/c1-20-18-10-9-15(12-3-5-13(19)6-4-12)16-8-7-14(21-2)11-17(16)18/h3-8,11,15,18,20H,9-10H2,1-2H3/t15-,18+/m1/s1. The van der Waals surface area contributed by atoms with Crippen LogP contribution in [0.25, 0.3) is 0 Å². The molecule has 0 spiro atoms. The van der Waals surface area contributed by atoms with Crippen LogP contribution in [0.5, 0.6) is 5.75 Å². The van der Waals surface area contributed by atoms with E-state index in [4.69, 9.17) is 16.3 Å². The van der Waals surface area contributed by atoms with Crippen LogP contribution in [0.2, 0.25) is 5.02 Å². The molecule has 2 atom stereocenters. The number of fused-ring (bicyclic) bond motifs is 1. The molecule has 3 heteroatoms.